The number of sulfonamides is 1. The molecule has 0 spiro atoms. The highest BCUT2D eigenvalue weighted by molar-refractivity contribution is 7.89. The van der Waals surface area contributed by atoms with E-state index in [4.69, 9.17) is 0 Å². The summed E-state index contributed by atoms with van der Waals surface area (Å²) in [6.45, 7) is 2.51. The molecule has 2 aliphatic rings. The van der Waals surface area contributed by atoms with Crippen LogP contribution in [-0.2, 0) is 34.5 Å². The Morgan fingerprint density at radius 2 is 1.86 bits per heavy atom. The van der Waals surface area contributed by atoms with E-state index in [0.29, 0.717) is 25.9 Å². The highest BCUT2D eigenvalue weighted by Crippen LogP contribution is 2.26. The second kappa shape index (κ2) is 8.61. The van der Waals surface area contributed by atoms with Gasteiger partial charge in [-0.25, -0.2) is 8.42 Å². The van der Waals surface area contributed by atoms with Crippen LogP contribution < -0.4 is 10.6 Å². The van der Waals surface area contributed by atoms with Gasteiger partial charge in [-0.05, 0) is 41.7 Å². The highest BCUT2D eigenvalue weighted by Gasteiger charge is 2.39. The van der Waals surface area contributed by atoms with Crippen LogP contribution in [-0.4, -0.2) is 31.2 Å². The summed E-state index contributed by atoms with van der Waals surface area (Å²) in [6.07, 6.45) is 1.24. The molecule has 6 nitrogen and oxygen atoms in total. The molecular weight excluding hydrogens is 398 g/mol. The van der Waals surface area contributed by atoms with Gasteiger partial charge in [-0.1, -0.05) is 36.4 Å². The van der Waals surface area contributed by atoms with E-state index < -0.39 is 16.1 Å². The molecule has 0 radical (unpaired) electrons. The minimum absolute atomic E-state index is 0. The van der Waals surface area contributed by atoms with Crippen LogP contribution in [0.3, 0.4) is 0 Å². The number of amides is 1. The van der Waals surface area contributed by atoms with Gasteiger partial charge >= 0.3 is 0 Å². The molecule has 2 aromatic carbocycles. The summed E-state index contributed by atoms with van der Waals surface area (Å²) in [7, 11) is -3.66. The number of hydrogen-bond acceptors (Lipinski definition) is 4. The van der Waals surface area contributed by atoms with Crippen LogP contribution >= 0.6 is 12.4 Å². The van der Waals surface area contributed by atoms with Gasteiger partial charge in [-0.3, -0.25) is 4.79 Å². The summed E-state index contributed by atoms with van der Waals surface area (Å²) in [5, 5.41) is 6.22. The van der Waals surface area contributed by atoms with E-state index >= 15 is 0 Å². The average molecular weight is 422 g/mol. The first-order chi connectivity index (χ1) is 13.1. The van der Waals surface area contributed by atoms with Crippen LogP contribution in [0.2, 0.25) is 0 Å². The lowest BCUT2D eigenvalue weighted by Gasteiger charge is -2.23. The van der Waals surface area contributed by atoms with Crippen LogP contribution in [0.1, 0.15) is 29.5 Å². The van der Waals surface area contributed by atoms with Crippen LogP contribution in [0.25, 0.3) is 0 Å². The third-order valence-corrected chi connectivity index (χ3v) is 7.15. The van der Waals surface area contributed by atoms with Crippen molar-refractivity contribution >= 4 is 28.3 Å². The van der Waals surface area contributed by atoms with Gasteiger partial charge in [-0.2, -0.15) is 4.31 Å². The predicted octanol–water partition coefficient (Wildman–Crippen LogP) is 2.18. The number of hydrogen-bond donors (Lipinski definition) is 2. The summed E-state index contributed by atoms with van der Waals surface area (Å²) in [4.78, 5) is 12.9. The average Bonchev–Trinajstić information content (AvgIpc) is 3.36. The first-order valence-corrected chi connectivity index (χ1v) is 10.7. The van der Waals surface area contributed by atoms with Gasteiger partial charge in [0.25, 0.3) is 0 Å². The molecule has 0 aliphatic carbocycles. The smallest absolute Gasteiger partial charge is 0.243 e. The van der Waals surface area contributed by atoms with Gasteiger partial charge < -0.3 is 10.6 Å². The third kappa shape index (κ3) is 4.07. The first-order valence-electron chi connectivity index (χ1n) is 9.22. The second-order valence-electron chi connectivity index (χ2n) is 7.01. The van der Waals surface area contributed by atoms with Gasteiger partial charge in [0.05, 0.1) is 4.90 Å². The van der Waals surface area contributed by atoms with Crippen molar-refractivity contribution in [1.82, 2.24) is 14.9 Å². The summed E-state index contributed by atoms with van der Waals surface area (Å²) in [5.41, 5.74) is 3.58. The quantitative estimate of drug-likeness (QED) is 0.775. The Balaban J connectivity index is 0.00000225. The Bertz CT molecular complexity index is 950. The number of nitrogens with zero attached hydrogens (tertiary/aromatic N) is 1. The number of fused-ring (bicyclic) bond motifs is 1. The SMILES string of the molecule is Cl.O=C(NCc1ccc2c(c1)CNC2)C1CCCN1S(=O)(=O)c1ccccc1. The Hall–Kier alpha value is -1.93. The maximum Gasteiger partial charge on any atom is 0.243 e. The lowest BCUT2D eigenvalue weighted by atomic mass is 10.1. The number of rotatable bonds is 5. The molecule has 2 aliphatic heterocycles. The summed E-state index contributed by atoms with van der Waals surface area (Å²) in [5.74, 6) is -0.231. The fraction of sp³-hybridized carbons (Fsp3) is 0.350. The Morgan fingerprint density at radius 1 is 1.11 bits per heavy atom. The molecule has 1 saturated heterocycles. The first kappa shape index (κ1) is 20.8. The predicted molar refractivity (Wildman–Crippen MR) is 109 cm³/mol. The molecule has 2 aromatic rings. The molecular formula is C20H24ClN3O3S. The van der Waals surface area contributed by atoms with Gasteiger partial charge in [0.15, 0.2) is 0 Å². The number of carbonyl (C=O) groups is 1. The van der Waals surface area contributed by atoms with Gasteiger partial charge in [-0.15, -0.1) is 12.4 Å². The van der Waals surface area contributed by atoms with E-state index in [1.165, 1.54) is 15.4 Å². The molecule has 1 fully saturated rings. The van der Waals surface area contributed by atoms with E-state index in [2.05, 4.69) is 22.8 Å². The van der Waals surface area contributed by atoms with E-state index in [1.54, 1.807) is 30.3 Å². The normalized spacial score (nSPS) is 19.1. The molecule has 1 unspecified atom stereocenters. The van der Waals surface area contributed by atoms with E-state index in [0.717, 1.165) is 18.7 Å². The Labute approximate surface area is 171 Å². The molecule has 4 rings (SSSR count). The fourth-order valence-corrected chi connectivity index (χ4v) is 5.46. The number of carbonyl (C=O) groups excluding carboxylic acids is 1. The van der Waals surface area contributed by atoms with Crippen LogP contribution in [0.15, 0.2) is 53.4 Å². The molecule has 28 heavy (non-hydrogen) atoms. The van der Waals surface area contributed by atoms with Gasteiger partial charge in [0.2, 0.25) is 15.9 Å². The van der Waals surface area contributed by atoms with Gasteiger partial charge in [0, 0.05) is 26.2 Å². The zero-order valence-electron chi connectivity index (χ0n) is 15.4. The zero-order chi connectivity index (χ0) is 18.9. The number of halogens is 1. The molecule has 0 aromatic heterocycles. The van der Waals surface area contributed by atoms with Crippen molar-refractivity contribution in [2.75, 3.05) is 6.54 Å². The van der Waals surface area contributed by atoms with E-state index in [-0.39, 0.29) is 23.2 Å². The largest absolute Gasteiger partial charge is 0.351 e. The Kier molecular flexibility index (Phi) is 6.40. The van der Waals surface area contributed by atoms with Crippen molar-refractivity contribution in [3.8, 4) is 0 Å². The van der Waals surface area contributed by atoms with Gasteiger partial charge in [0.1, 0.15) is 6.04 Å². The van der Waals surface area contributed by atoms with Crippen LogP contribution in [0, 0.1) is 0 Å². The lowest BCUT2D eigenvalue weighted by Crippen LogP contribution is -2.45. The van der Waals surface area contributed by atoms with Crippen molar-refractivity contribution in [2.45, 2.75) is 43.4 Å². The van der Waals surface area contributed by atoms with E-state index in [9.17, 15) is 13.2 Å². The monoisotopic (exact) mass is 421 g/mol. The number of benzene rings is 2. The van der Waals surface area contributed by atoms with Crippen molar-refractivity contribution in [2.24, 2.45) is 0 Å². The summed E-state index contributed by atoms with van der Waals surface area (Å²) < 4.78 is 27.1. The molecule has 2 N–H and O–H groups in total. The topological polar surface area (TPSA) is 78.5 Å². The third-order valence-electron chi connectivity index (χ3n) is 5.22. The van der Waals surface area contributed by atoms with Crippen molar-refractivity contribution in [1.29, 1.82) is 0 Å². The number of nitrogens with one attached hydrogen (secondary N) is 2. The van der Waals surface area contributed by atoms with Crippen molar-refractivity contribution < 1.29 is 13.2 Å². The minimum atomic E-state index is -3.66. The molecule has 0 saturated carbocycles. The maximum atomic E-state index is 12.9. The van der Waals surface area contributed by atoms with Crippen LogP contribution in [0.5, 0.6) is 0 Å². The Morgan fingerprint density at radius 3 is 2.64 bits per heavy atom. The molecule has 0 bridgehead atoms. The van der Waals surface area contributed by atoms with Crippen molar-refractivity contribution in [3.63, 3.8) is 0 Å². The summed E-state index contributed by atoms with van der Waals surface area (Å²) >= 11 is 0. The molecule has 1 atom stereocenters. The summed E-state index contributed by atoms with van der Waals surface area (Å²) in [6, 6.07) is 13.9. The lowest BCUT2D eigenvalue weighted by molar-refractivity contribution is -0.124. The zero-order valence-corrected chi connectivity index (χ0v) is 17.1. The molecule has 2 heterocycles. The molecule has 150 valence electrons. The molecule has 8 heteroatoms. The molecule has 1 amide bonds. The minimum Gasteiger partial charge on any atom is -0.351 e. The fourth-order valence-electron chi connectivity index (χ4n) is 3.78. The van der Waals surface area contributed by atoms with Crippen molar-refractivity contribution in [3.05, 3.63) is 65.2 Å². The standard InChI is InChI=1S/C20H23N3O3S.ClH/c24-20(22-12-15-8-9-16-13-21-14-17(16)11-15)19-7-4-10-23(19)27(25,26)18-5-2-1-3-6-18;/h1-3,5-6,8-9,11,19,21H,4,7,10,12-14H2,(H,22,24);1H. The second-order valence-corrected chi connectivity index (χ2v) is 8.90. The van der Waals surface area contributed by atoms with Crippen LogP contribution in [0.4, 0.5) is 0 Å². The van der Waals surface area contributed by atoms with E-state index in [1.807, 2.05) is 6.07 Å². The highest BCUT2D eigenvalue weighted by atomic mass is 35.5. The maximum absolute atomic E-state index is 12.9.